The quantitative estimate of drug-likeness (QED) is 0.674. The molecule has 0 fully saturated rings. The molecule has 106 valence electrons. The van der Waals surface area contributed by atoms with Crippen LogP contribution >= 0.6 is 0 Å². The second-order valence-electron chi connectivity index (χ2n) is 5.62. The van der Waals surface area contributed by atoms with Crippen molar-refractivity contribution in [1.82, 2.24) is 9.78 Å². The first-order valence-electron chi connectivity index (χ1n) is 7.41. The minimum atomic E-state index is 0.457. The molecule has 0 aliphatic rings. The zero-order valence-corrected chi connectivity index (χ0v) is 12.5. The van der Waals surface area contributed by atoms with Gasteiger partial charge in [0, 0.05) is 11.3 Å². The van der Waals surface area contributed by atoms with Crippen LogP contribution in [0.5, 0.6) is 0 Å². The van der Waals surface area contributed by atoms with Gasteiger partial charge in [0.2, 0.25) is 0 Å². The molecule has 0 atom stereocenters. The third-order valence-electron chi connectivity index (χ3n) is 3.65. The van der Waals surface area contributed by atoms with Crippen molar-refractivity contribution in [2.24, 2.45) is 0 Å². The summed E-state index contributed by atoms with van der Waals surface area (Å²) in [5, 5.41) is 4.81. The van der Waals surface area contributed by atoms with Gasteiger partial charge < -0.3 is 0 Å². The lowest BCUT2D eigenvalue weighted by molar-refractivity contribution is 0.619. The average Bonchev–Trinajstić information content (AvgIpc) is 2.93. The van der Waals surface area contributed by atoms with E-state index in [1.54, 1.807) is 0 Å². The molecule has 2 heteroatoms. The summed E-state index contributed by atoms with van der Waals surface area (Å²) in [6.07, 6.45) is 0. The third kappa shape index (κ3) is 3.05. The molecule has 3 rings (SSSR count). The molecule has 3 aromatic rings. The maximum atomic E-state index is 4.81. The molecule has 0 saturated carbocycles. The van der Waals surface area contributed by atoms with Crippen LogP contribution in [0.2, 0.25) is 0 Å². The zero-order chi connectivity index (χ0) is 14.7. The number of nitrogens with zero attached hydrogens (tertiary/aromatic N) is 2. The fraction of sp³-hybridized carbons (Fsp3) is 0.211. The molecule has 0 aliphatic heterocycles. The first kappa shape index (κ1) is 13.6. The molecule has 1 heterocycles. The van der Waals surface area contributed by atoms with Crippen LogP contribution in [0.25, 0.3) is 11.3 Å². The Balaban J connectivity index is 1.98. The summed E-state index contributed by atoms with van der Waals surface area (Å²) in [4.78, 5) is 0. The second-order valence-corrected chi connectivity index (χ2v) is 5.62. The molecule has 0 aliphatic carbocycles. The second kappa shape index (κ2) is 5.96. The van der Waals surface area contributed by atoms with E-state index in [2.05, 4.69) is 73.1 Å². The van der Waals surface area contributed by atoms with E-state index in [-0.39, 0.29) is 0 Å². The standard InChI is InChI=1S/C19H20N2/c1-15(2)19-13-18(17-11-7-4-8-12-17)20-21(19)14-16-9-5-3-6-10-16/h3-13,15H,14H2,1-2H3. The van der Waals surface area contributed by atoms with Gasteiger partial charge in [0.05, 0.1) is 12.2 Å². The van der Waals surface area contributed by atoms with Crippen LogP contribution in [0.3, 0.4) is 0 Å². The van der Waals surface area contributed by atoms with Crippen molar-refractivity contribution < 1.29 is 0 Å². The van der Waals surface area contributed by atoms with Crippen molar-refractivity contribution in [3.63, 3.8) is 0 Å². The monoisotopic (exact) mass is 276 g/mol. The van der Waals surface area contributed by atoms with Crippen molar-refractivity contribution in [3.8, 4) is 11.3 Å². The summed E-state index contributed by atoms with van der Waals surface area (Å²) >= 11 is 0. The maximum absolute atomic E-state index is 4.81. The van der Waals surface area contributed by atoms with E-state index in [0.29, 0.717) is 5.92 Å². The number of rotatable bonds is 4. The predicted octanol–water partition coefficient (Wildman–Crippen LogP) is 4.72. The highest BCUT2D eigenvalue weighted by molar-refractivity contribution is 5.59. The van der Waals surface area contributed by atoms with Crippen LogP contribution in [0, 0.1) is 0 Å². The number of aromatic nitrogens is 2. The zero-order valence-electron chi connectivity index (χ0n) is 12.5. The van der Waals surface area contributed by atoms with Gasteiger partial charge in [-0.15, -0.1) is 0 Å². The molecule has 0 radical (unpaired) electrons. The van der Waals surface area contributed by atoms with E-state index in [1.807, 2.05) is 12.1 Å². The van der Waals surface area contributed by atoms with Gasteiger partial charge in [-0.25, -0.2) is 0 Å². The van der Waals surface area contributed by atoms with E-state index >= 15 is 0 Å². The van der Waals surface area contributed by atoms with Gasteiger partial charge in [0.1, 0.15) is 0 Å². The first-order valence-corrected chi connectivity index (χ1v) is 7.41. The van der Waals surface area contributed by atoms with Gasteiger partial charge in [-0.2, -0.15) is 5.10 Å². The van der Waals surface area contributed by atoms with Crippen LogP contribution < -0.4 is 0 Å². The van der Waals surface area contributed by atoms with Gasteiger partial charge >= 0.3 is 0 Å². The van der Waals surface area contributed by atoms with Gasteiger partial charge in [-0.3, -0.25) is 4.68 Å². The molecule has 0 amide bonds. The predicted molar refractivity (Wildman–Crippen MR) is 87.3 cm³/mol. The summed E-state index contributed by atoms with van der Waals surface area (Å²) in [6.45, 7) is 5.25. The summed E-state index contributed by atoms with van der Waals surface area (Å²) < 4.78 is 2.13. The Bertz CT molecular complexity index is 697. The average molecular weight is 276 g/mol. The van der Waals surface area contributed by atoms with Crippen molar-refractivity contribution in [3.05, 3.63) is 78.0 Å². The van der Waals surface area contributed by atoms with Crippen LogP contribution in [-0.2, 0) is 6.54 Å². The van der Waals surface area contributed by atoms with E-state index in [1.165, 1.54) is 16.8 Å². The molecule has 0 N–H and O–H groups in total. The lowest BCUT2D eigenvalue weighted by Crippen LogP contribution is -2.07. The molecule has 0 unspecified atom stereocenters. The van der Waals surface area contributed by atoms with E-state index in [9.17, 15) is 0 Å². The van der Waals surface area contributed by atoms with E-state index in [0.717, 1.165) is 12.2 Å². The SMILES string of the molecule is CC(C)c1cc(-c2ccccc2)nn1Cc1ccccc1. The van der Waals surface area contributed by atoms with Crippen molar-refractivity contribution in [2.75, 3.05) is 0 Å². The topological polar surface area (TPSA) is 17.8 Å². The van der Waals surface area contributed by atoms with Gasteiger partial charge in [-0.1, -0.05) is 74.5 Å². The summed E-state index contributed by atoms with van der Waals surface area (Å²) in [5.41, 5.74) is 4.78. The van der Waals surface area contributed by atoms with Gasteiger partial charge in [-0.05, 0) is 17.5 Å². The minimum Gasteiger partial charge on any atom is -0.264 e. The van der Waals surface area contributed by atoms with Crippen LogP contribution in [0.4, 0.5) is 0 Å². The molecule has 1 aromatic heterocycles. The van der Waals surface area contributed by atoms with Crippen molar-refractivity contribution >= 4 is 0 Å². The van der Waals surface area contributed by atoms with Crippen molar-refractivity contribution in [2.45, 2.75) is 26.3 Å². The third-order valence-corrected chi connectivity index (χ3v) is 3.65. The fourth-order valence-corrected chi connectivity index (χ4v) is 2.53. The number of hydrogen-bond acceptors (Lipinski definition) is 1. The molecular weight excluding hydrogens is 256 g/mol. The number of benzene rings is 2. The highest BCUT2D eigenvalue weighted by atomic mass is 15.3. The van der Waals surface area contributed by atoms with Crippen LogP contribution in [0.15, 0.2) is 66.7 Å². The smallest absolute Gasteiger partial charge is 0.0926 e. The van der Waals surface area contributed by atoms with Crippen LogP contribution in [0.1, 0.15) is 31.0 Å². The summed E-state index contributed by atoms with van der Waals surface area (Å²) in [5.74, 6) is 0.457. The molecular formula is C19H20N2. The molecule has 2 nitrogen and oxygen atoms in total. The molecule has 0 saturated heterocycles. The summed E-state index contributed by atoms with van der Waals surface area (Å²) in [6, 6.07) is 23.1. The Morgan fingerprint density at radius 2 is 1.52 bits per heavy atom. The Kier molecular flexibility index (Phi) is 3.87. The molecule has 0 spiro atoms. The highest BCUT2D eigenvalue weighted by Gasteiger charge is 2.12. The Morgan fingerprint density at radius 3 is 2.14 bits per heavy atom. The number of hydrogen-bond donors (Lipinski definition) is 0. The summed E-state index contributed by atoms with van der Waals surface area (Å²) in [7, 11) is 0. The van der Waals surface area contributed by atoms with Crippen molar-refractivity contribution in [1.29, 1.82) is 0 Å². The lowest BCUT2D eigenvalue weighted by Gasteiger charge is -2.09. The highest BCUT2D eigenvalue weighted by Crippen LogP contribution is 2.24. The Labute approximate surface area is 126 Å². The lowest BCUT2D eigenvalue weighted by atomic mass is 10.1. The minimum absolute atomic E-state index is 0.457. The normalized spacial score (nSPS) is 11.0. The Morgan fingerprint density at radius 1 is 0.905 bits per heavy atom. The molecule has 21 heavy (non-hydrogen) atoms. The van der Waals surface area contributed by atoms with Gasteiger partial charge in [0.25, 0.3) is 0 Å². The van der Waals surface area contributed by atoms with E-state index in [4.69, 9.17) is 5.10 Å². The first-order chi connectivity index (χ1) is 10.2. The fourth-order valence-electron chi connectivity index (χ4n) is 2.53. The Hall–Kier alpha value is -2.35. The van der Waals surface area contributed by atoms with E-state index < -0.39 is 0 Å². The largest absolute Gasteiger partial charge is 0.264 e. The van der Waals surface area contributed by atoms with Gasteiger partial charge in [0.15, 0.2) is 0 Å². The molecule has 2 aromatic carbocycles. The maximum Gasteiger partial charge on any atom is 0.0926 e. The van der Waals surface area contributed by atoms with Crippen LogP contribution in [-0.4, -0.2) is 9.78 Å². The molecule has 0 bridgehead atoms.